The van der Waals surface area contributed by atoms with E-state index in [2.05, 4.69) is 198 Å². The minimum absolute atomic E-state index is 0.229. The first kappa shape index (κ1) is 34.3. The monoisotopic (exact) mass is 734 g/mol. The van der Waals surface area contributed by atoms with Crippen LogP contribution in [0, 0.1) is 5.82 Å². The van der Waals surface area contributed by atoms with Gasteiger partial charge < -0.3 is 9.47 Å². The Labute approximate surface area is 332 Å². The van der Waals surface area contributed by atoms with Crippen LogP contribution in [0.3, 0.4) is 0 Å². The Bertz CT molecular complexity index is 2860. The number of para-hydroxylation sites is 2. The van der Waals surface area contributed by atoms with Crippen molar-refractivity contribution in [3.05, 3.63) is 224 Å². The first-order valence-corrected chi connectivity index (χ1v) is 19.6. The van der Waals surface area contributed by atoms with Crippen molar-refractivity contribution in [1.29, 1.82) is 0 Å². The molecule has 1 aliphatic carbocycles. The summed E-state index contributed by atoms with van der Waals surface area (Å²) in [7, 11) is 0. The third-order valence-corrected chi connectivity index (χ3v) is 11.2. The van der Waals surface area contributed by atoms with Crippen LogP contribution in [-0.2, 0) is 0 Å². The van der Waals surface area contributed by atoms with E-state index in [-0.39, 0.29) is 5.82 Å². The summed E-state index contributed by atoms with van der Waals surface area (Å²) in [5.74, 6) is -0.229. The molecule has 8 aromatic carbocycles. The van der Waals surface area contributed by atoms with Crippen LogP contribution < -0.4 is 4.90 Å². The zero-order chi connectivity index (χ0) is 38.1. The third kappa shape index (κ3) is 6.64. The lowest BCUT2D eigenvalue weighted by molar-refractivity contribution is 0.628. The lowest BCUT2D eigenvalue weighted by Gasteiger charge is -2.26. The maximum Gasteiger partial charge on any atom is 0.123 e. The Balaban J connectivity index is 0.973. The number of allylic oxidation sites excluding steroid dienone is 4. The summed E-state index contributed by atoms with van der Waals surface area (Å²) in [5.41, 5.74) is 16.1. The fourth-order valence-corrected chi connectivity index (χ4v) is 8.25. The molecule has 0 aliphatic heterocycles. The number of benzene rings is 8. The van der Waals surface area contributed by atoms with Gasteiger partial charge in [-0.2, -0.15) is 0 Å². The summed E-state index contributed by atoms with van der Waals surface area (Å²) in [4.78, 5) is 2.33. The molecule has 0 saturated carbocycles. The number of halogens is 1. The van der Waals surface area contributed by atoms with Crippen molar-refractivity contribution < 1.29 is 4.39 Å². The van der Waals surface area contributed by atoms with Crippen molar-refractivity contribution in [2.24, 2.45) is 0 Å². The number of rotatable bonds is 8. The second-order valence-corrected chi connectivity index (χ2v) is 14.6. The summed E-state index contributed by atoms with van der Waals surface area (Å²) in [6, 6.07) is 67.9. The van der Waals surface area contributed by atoms with E-state index in [9.17, 15) is 4.39 Å². The van der Waals surface area contributed by atoms with Gasteiger partial charge in [0.1, 0.15) is 5.82 Å². The average Bonchev–Trinajstić information content (AvgIpc) is 3.62. The maximum atomic E-state index is 13.6. The Morgan fingerprint density at radius 2 is 0.877 bits per heavy atom. The average molecular weight is 735 g/mol. The van der Waals surface area contributed by atoms with Crippen molar-refractivity contribution in [2.75, 3.05) is 4.90 Å². The summed E-state index contributed by atoms with van der Waals surface area (Å²) >= 11 is 0. The standard InChI is InChI=1S/C54H39FN2/c55-46-27-17-42(18-28-46)44-11-8-12-45(37-44)43-25-33-49(34-26-43)56(47-29-19-39(20-30-47)38-9-2-1-3-10-38)48-31-21-40(22-32-48)41-23-35-50(36-24-41)57-53-15-6-4-13-51(53)52-14-5-7-16-54(52)57/h1-2,4-9,11-37H,3,10H2. The van der Waals surface area contributed by atoms with E-state index in [1.54, 1.807) is 0 Å². The van der Waals surface area contributed by atoms with E-state index in [1.165, 1.54) is 50.6 Å². The highest BCUT2D eigenvalue weighted by atomic mass is 19.1. The van der Waals surface area contributed by atoms with Crippen molar-refractivity contribution in [3.63, 3.8) is 0 Å². The molecule has 2 nitrogen and oxygen atoms in total. The van der Waals surface area contributed by atoms with Gasteiger partial charge in [0.25, 0.3) is 0 Å². The second-order valence-electron chi connectivity index (χ2n) is 14.6. The van der Waals surface area contributed by atoms with Gasteiger partial charge in [-0.15, -0.1) is 0 Å². The Morgan fingerprint density at radius 1 is 0.421 bits per heavy atom. The molecule has 10 rings (SSSR count). The first-order chi connectivity index (χ1) is 28.2. The van der Waals surface area contributed by atoms with E-state index in [0.29, 0.717) is 0 Å². The summed E-state index contributed by atoms with van der Waals surface area (Å²) in [6.45, 7) is 0. The van der Waals surface area contributed by atoms with Gasteiger partial charge in [0.2, 0.25) is 0 Å². The molecule has 1 aromatic heterocycles. The van der Waals surface area contributed by atoms with E-state index in [4.69, 9.17) is 0 Å². The van der Waals surface area contributed by atoms with E-state index < -0.39 is 0 Å². The quantitative estimate of drug-likeness (QED) is 0.151. The molecule has 0 atom stereocenters. The molecule has 272 valence electrons. The van der Waals surface area contributed by atoms with E-state index >= 15 is 0 Å². The number of hydrogen-bond acceptors (Lipinski definition) is 1. The zero-order valence-corrected chi connectivity index (χ0v) is 31.4. The lowest BCUT2D eigenvalue weighted by atomic mass is 9.97. The molecule has 0 amide bonds. The van der Waals surface area contributed by atoms with Crippen LogP contribution in [0.5, 0.6) is 0 Å². The third-order valence-electron chi connectivity index (χ3n) is 11.2. The molecule has 0 saturated heterocycles. The summed E-state index contributed by atoms with van der Waals surface area (Å²) < 4.78 is 16.0. The molecule has 1 aliphatic rings. The molecule has 1 heterocycles. The van der Waals surface area contributed by atoms with Crippen molar-refractivity contribution in [1.82, 2.24) is 4.57 Å². The van der Waals surface area contributed by atoms with E-state index in [0.717, 1.165) is 63.4 Å². The van der Waals surface area contributed by atoms with Gasteiger partial charge in [-0.3, -0.25) is 0 Å². The predicted octanol–water partition coefficient (Wildman–Crippen LogP) is 15.1. The van der Waals surface area contributed by atoms with Gasteiger partial charge in [-0.25, -0.2) is 4.39 Å². The Hall–Kier alpha value is -7.23. The summed E-state index contributed by atoms with van der Waals surface area (Å²) in [6.07, 6.45) is 8.76. The Morgan fingerprint density at radius 3 is 1.39 bits per heavy atom. The van der Waals surface area contributed by atoms with Crippen LogP contribution in [0.15, 0.2) is 212 Å². The number of fused-ring (bicyclic) bond motifs is 3. The number of aromatic nitrogens is 1. The van der Waals surface area contributed by atoms with Crippen LogP contribution in [0.2, 0.25) is 0 Å². The fraction of sp³-hybridized carbons (Fsp3) is 0.0370. The Kier molecular flexibility index (Phi) is 8.89. The van der Waals surface area contributed by atoms with Crippen LogP contribution >= 0.6 is 0 Å². The fourth-order valence-electron chi connectivity index (χ4n) is 8.25. The molecule has 0 fully saturated rings. The zero-order valence-electron chi connectivity index (χ0n) is 31.4. The van der Waals surface area contributed by atoms with Crippen LogP contribution in [-0.4, -0.2) is 4.57 Å². The lowest BCUT2D eigenvalue weighted by Crippen LogP contribution is -2.10. The van der Waals surface area contributed by atoms with Crippen molar-refractivity contribution in [2.45, 2.75) is 12.8 Å². The number of nitrogens with zero attached hydrogens (tertiary/aromatic N) is 2. The largest absolute Gasteiger partial charge is 0.311 e. The van der Waals surface area contributed by atoms with Gasteiger partial charge in [-0.1, -0.05) is 133 Å². The summed E-state index contributed by atoms with van der Waals surface area (Å²) in [5, 5.41) is 2.53. The molecule has 0 N–H and O–H groups in total. The molecule has 0 radical (unpaired) electrons. The predicted molar refractivity (Wildman–Crippen MR) is 238 cm³/mol. The maximum absolute atomic E-state index is 13.6. The SMILES string of the molecule is Fc1ccc(-c2cccc(-c3ccc(N(c4ccc(C5=CC=CCC5)cc4)c4ccc(-c5ccc(-n6c7ccccc7c7ccccc76)cc5)cc4)cc3)c2)cc1. The van der Waals surface area contributed by atoms with Crippen LogP contribution in [0.1, 0.15) is 18.4 Å². The topological polar surface area (TPSA) is 8.17 Å². The van der Waals surface area contributed by atoms with Gasteiger partial charge >= 0.3 is 0 Å². The minimum atomic E-state index is -0.229. The van der Waals surface area contributed by atoms with E-state index in [1.807, 2.05) is 12.1 Å². The minimum Gasteiger partial charge on any atom is -0.311 e. The van der Waals surface area contributed by atoms with Gasteiger partial charge in [0.05, 0.1) is 11.0 Å². The van der Waals surface area contributed by atoms with Crippen LogP contribution in [0.25, 0.3) is 66.4 Å². The second kappa shape index (κ2) is 14.8. The van der Waals surface area contributed by atoms with Gasteiger partial charge in [-0.05, 0) is 136 Å². The van der Waals surface area contributed by atoms with Crippen molar-refractivity contribution >= 4 is 44.4 Å². The smallest absolute Gasteiger partial charge is 0.123 e. The van der Waals surface area contributed by atoms with Gasteiger partial charge in [0.15, 0.2) is 0 Å². The molecular formula is C54H39FN2. The highest BCUT2D eigenvalue weighted by molar-refractivity contribution is 6.09. The molecule has 3 heteroatoms. The number of anilines is 3. The highest BCUT2D eigenvalue weighted by Gasteiger charge is 2.16. The molecular weight excluding hydrogens is 696 g/mol. The normalized spacial score (nSPS) is 12.5. The number of hydrogen-bond donors (Lipinski definition) is 0. The molecule has 0 unspecified atom stereocenters. The van der Waals surface area contributed by atoms with Crippen LogP contribution in [0.4, 0.5) is 21.5 Å². The highest BCUT2D eigenvalue weighted by Crippen LogP contribution is 2.39. The molecule has 0 spiro atoms. The van der Waals surface area contributed by atoms with Gasteiger partial charge in [0, 0.05) is 33.5 Å². The van der Waals surface area contributed by atoms with Crippen molar-refractivity contribution in [3.8, 4) is 39.1 Å². The molecule has 57 heavy (non-hydrogen) atoms. The molecule has 9 aromatic rings. The first-order valence-electron chi connectivity index (χ1n) is 19.6. The molecule has 0 bridgehead atoms.